The first-order valence-corrected chi connectivity index (χ1v) is 7.31. The van der Waals surface area contributed by atoms with Crippen LogP contribution in [0.25, 0.3) is 0 Å². The lowest BCUT2D eigenvalue weighted by Gasteiger charge is -2.31. The molecule has 1 fully saturated rings. The molecular weight excluding hydrogens is 228 g/mol. The molecule has 1 heterocycles. The highest BCUT2D eigenvalue weighted by atomic mass is 32.2. The zero-order valence-corrected chi connectivity index (χ0v) is 10.8. The number of nitrogens with zero attached hydrogens (tertiary/aromatic N) is 1. The normalized spacial score (nSPS) is 22.2. The Balaban J connectivity index is 2.51. The molecule has 0 aromatic heterocycles. The molecule has 0 radical (unpaired) electrons. The van der Waals surface area contributed by atoms with Crippen molar-refractivity contribution in [2.24, 2.45) is 5.92 Å². The Bertz CT molecular complexity index is 297. The molecule has 6 heteroatoms. The van der Waals surface area contributed by atoms with E-state index in [4.69, 9.17) is 5.11 Å². The lowest BCUT2D eigenvalue weighted by Crippen LogP contribution is -2.47. The van der Waals surface area contributed by atoms with Gasteiger partial charge < -0.3 is 5.11 Å². The fraction of sp³-hybridized carbons (Fsp3) is 1.00. The average molecular weight is 250 g/mol. The summed E-state index contributed by atoms with van der Waals surface area (Å²) in [7, 11) is -3.32. The molecule has 0 bridgehead atoms. The first kappa shape index (κ1) is 13.9. The smallest absolute Gasteiger partial charge is 0.279 e. The summed E-state index contributed by atoms with van der Waals surface area (Å²) in [5, 5.41) is 8.98. The summed E-state index contributed by atoms with van der Waals surface area (Å²) < 4.78 is 27.9. The van der Waals surface area contributed by atoms with E-state index >= 15 is 0 Å². The third-order valence-electron chi connectivity index (χ3n) is 3.13. The lowest BCUT2D eigenvalue weighted by molar-refractivity contribution is 0.169. The molecule has 1 aliphatic heterocycles. The van der Waals surface area contributed by atoms with E-state index in [1.165, 1.54) is 4.31 Å². The summed E-state index contributed by atoms with van der Waals surface area (Å²) in [6.07, 6.45) is 2.28. The van der Waals surface area contributed by atoms with Crippen molar-refractivity contribution in [3.05, 3.63) is 0 Å². The van der Waals surface area contributed by atoms with Crippen LogP contribution in [0.15, 0.2) is 0 Å². The Morgan fingerprint density at radius 3 is 2.44 bits per heavy atom. The van der Waals surface area contributed by atoms with Gasteiger partial charge in [-0.25, -0.2) is 0 Å². The molecule has 1 saturated heterocycles. The van der Waals surface area contributed by atoms with E-state index in [0.717, 1.165) is 19.3 Å². The Kier molecular flexibility index (Phi) is 5.17. The third kappa shape index (κ3) is 3.69. The van der Waals surface area contributed by atoms with E-state index in [1.807, 2.05) is 13.8 Å². The van der Waals surface area contributed by atoms with Crippen molar-refractivity contribution in [3.8, 4) is 0 Å². The SMILES string of the molecule is CCC(C)NS(=O)(=O)N1CCC(CO)CC1. The number of nitrogens with one attached hydrogen (secondary N) is 1. The Morgan fingerprint density at radius 1 is 1.44 bits per heavy atom. The zero-order chi connectivity index (χ0) is 12.2. The predicted molar refractivity (Wildman–Crippen MR) is 63.2 cm³/mol. The molecular formula is C10H22N2O3S. The van der Waals surface area contributed by atoms with Crippen LogP contribution in [0.2, 0.25) is 0 Å². The number of rotatable bonds is 5. The van der Waals surface area contributed by atoms with Gasteiger partial charge in [0, 0.05) is 25.7 Å². The van der Waals surface area contributed by atoms with Crippen LogP contribution in [0.1, 0.15) is 33.1 Å². The topological polar surface area (TPSA) is 69.6 Å². The summed E-state index contributed by atoms with van der Waals surface area (Å²) in [5.41, 5.74) is 0. The Hall–Kier alpha value is -0.170. The van der Waals surface area contributed by atoms with Crippen LogP contribution in [-0.4, -0.2) is 43.6 Å². The Morgan fingerprint density at radius 2 is 2.00 bits per heavy atom. The lowest BCUT2D eigenvalue weighted by atomic mass is 10.00. The van der Waals surface area contributed by atoms with E-state index in [0.29, 0.717) is 13.1 Å². The maximum Gasteiger partial charge on any atom is 0.279 e. The second-order valence-electron chi connectivity index (χ2n) is 4.46. The number of piperidine rings is 1. The summed E-state index contributed by atoms with van der Waals surface area (Å²) >= 11 is 0. The fourth-order valence-electron chi connectivity index (χ4n) is 1.74. The fourth-order valence-corrected chi connectivity index (χ4v) is 3.26. The van der Waals surface area contributed by atoms with Crippen LogP contribution < -0.4 is 4.72 Å². The van der Waals surface area contributed by atoms with Gasteiger partial charge in [0.05, 0.1) is 0 Å². The molecule has 0 saturated carbocycles. The van der Waals surface area contributed by atoms with Crippen LogP contribution in [-0.2, 0) is 10.2 Å². The summed E-state index contributed by atoms with van der Waals surface area (Å²) in [6, 6.07) is -0.0273. The molecule has 2 N–H and O–H groups in total. The highest BCUT2D eigenvalue weighted by Gasteiger charge is 2.28. The molecule has 5 nitrogen and oxygen atoms in total. The van der Waals surface area contributed by atoms with Crippen LogP contribution in [0.5, 0.6) is 0 Å². The van der Waals surface area contributed by atoms with Crippen molar-refractivity contribution in [2.45, 2.75) is 39.2 Å². The second kappa shape index (κ2) is 5.95. The van der Waals surface area contributed by atoms with Crippen molar-refractivity contribution < 1.29 is 13.5 Å². The molecule has 0 aromatic rings. The zero-order valence-electron chi connectivity index (χ0n) is 10.0. The minimum absolute atomic E-state index is 0.0273. The maximum atomic E-state index is 11.9. The van der Waals surface area contributed by atoms with E-state index in [2.05, 4.69) is 4.72 Å². The summed E-state index contributed by atoms with van der Waals surface area (Å²) in [6.45, 7) is 4.99. The van der Waals surface area contributed by atoms with Gasteiger partial charge in [-0.3, -0.25) is 0 Å². The minimum Gasteiger partial charge on any atom is -0.396 e. The largest absolute Gasteiger partial charge is 0.396 e. The molecule has 0 amide bonds. The molecule has 1 rings (SSSR count). The number of aliphatic hydroxyl groups is 1. The Labute approximate surface area is 98.0 Å². The standard InChI is InChI=1S/C10H22N2O3S/c1-3-9(2)11-16(14,15)12-6-4-10(8-13)5-7-12/h9-11,13H,3-8H2,1-2H3. The summed E-state index contributed by atoms with van der Waals surface area (Å²) in [4.78, 5) is 0. The predicted octanol–water partition coefficient (Wildman–Crippen LogP) is 0.324. The highest BCUT2D eigenvalue weighted by Crippen LogP contribution is 2.18. The highest BCUT2D eigenvalue weighted by molar-refractivity contribution is 7.87. The average Bonchev–Trinajstić information content (AvgIpc) is 2.28. The van der Waals surface area contributed by atoms with Gasteiger partial charge in [-0.15, -0.1) is 0 Å². The first-order chi connectivity index (χ1) is 7.49. The number of hydrogen-bond acceptors (Lipinski definition) is 3. The van der Waals surface area contributed by atoms with E-state index in [-0.39, 0.29) is 18.6 Å². The molecule has 1 aliphatic rings. The summed E-state index contributed by atoms with van der Waals surface area (Å²) in [5.74, 6) is 0.259. The van der Waals surface area contributed by atoms with Crippen molar-refractivity contribution >= 4 is 10.2 Å². The van der Waals surface area contributed by atoms with Crippen LogP contribution in [0.3, 0.4) is 0 Å². The van der Waals surface area contributed by atoms with E-state index < -0.39 is 10.2 Å². The van der Waals surface area contributed by atoms with Crippen molar-refractivity contribution in [1.82, 2.24) is 9.03 Å². The van der Waals surface area contributed by atoms with Gasteiger partial charge >= 0.3 is 0 Å². The molecule has 16 heavy (non-hydrogen) atoms. The van der Waals surface area contributed by atoms with Gasteiger partial charge in [0.15, 0.2) is 0 Å². The third-order valence-corrected chi connectivity index (χ3v) is 4.88. The second-order valence-corrected chi connectivity index (χ2v) is 6.16. The van der Waals surface area contributed by atoms with E-state index in [9.17, 15) is 8.42 Å². The van der Waals surface area contributed by atoms with Crippen molar-refractivity contribution in [1.29, 1.82) is 0 Å². The monoisotopic (exact) mass is 250 g/mol. The molecule has 1 atom stereocenters. The maximum absolute atomic E-state index is 11.9. The van der Waals surface area contributed by atoms with Gasteiger partial charge in [-0.05, 0) is 32.1 Å². The molecule has 0 spiro atoms. The van der Waals surface area contributed by atoms with Gasteiger partial charge in [-0.1, -0.05) is 6.92 Å². The van der Waals surface area contributed by atoms with Crippen molar-refractivity contribution in [2.75, 3.05) is 19.7 Å². The van der Waals surface area contributed by atoms with Crippen LogP contribution >= 0.6 is 0 Å². The van der Waals surface area contributed by atoms with Crippen LogP contribution in [0, 0.1) is 5.92 Å². The van der Waals surface area contributed by atoms with Gasteiger partial charge in [-0.2, -0.15) is 17.4 Å². The molecule has 0 aromatic carbocycles. The van der Waals surface area contributed by atoms with Gasteiger partial charge in [0.2, 0.25) is 0 Å². The van der Waals surface area contributed by atoms with Crippen LogP contribution in [0.4, 0.5) is 0 Å². The number of aliphatic hydroxyl groups excluding tert-OH is 1. The molecule has 1 unspecified atom stereocenters. The minimum atomic E-state index is -3.32. The van der Waals surface area contributed by atoms with Gasteiger partial charge in [0.1, 0.15) is 0 Å². The quantitative estimate of drug-likeness (QED) is 0.738. The van der Waals surface area contributed by atoms with E-state index in [1.54, 1.807) is 0 Å². The van der Waals surface area contributed by atoms with Crippen molar-refractivity contribution in [3.63, 3.8) is 0 Å². The molecule has 0 aliphatic carbocycles. The molecule has 96 valence electrons. The number of hydrogen-bond donors (Lipinski definition) is 2. The first-order valence-electron chi connectivity index (χ1n) is 5.87. The van der Waals surface area contributed by atoms with Gasteiger partial charge in [0.25, 0.3) is 10.2 Å².